The number of carbonyl (C=O) groups excluding carboxylic acids is 2. The molecule has 2 aliphatic heterocycles. The third-order valence-electron chi connectivity index (χ3n) is 4.82. The molecule has 2 atom stereocenters. The average molecular weight is 329 g/mol. The summed E-state index contributed by atoms with van der Waals surface area (Å²) in [6.45, 7) is 1.31. The molecule has 2 saturated heterocycles. The van der Waals surface area contributed by atoms with E-state index in [1.165, 1.54) is 0 Å². The van der Waals surface area contributed by atoms with Crippen molar-refractivity contribution < 1.29 is 9.59 Å². The molecule has 2 fully saturated rings. The molecule has 3 heterocycles. The zero-order chi connectivity index (χ0) is 16.0. The molecule has 4 rings (SSSR count). The molecular formula is C17H19N3O2S. The molecule has 0 radical (unpaired) electrons. The fraction of sp³-hybridized carbons (Fsp3) is 0.471. The van der Waals surface area contributed by atoms with Gasteiger partial charge in [0.25, 0.3) is 0 Å². The van der Waals surface area contributed by atoms with Crippen LogP contribution in [0, 0.1) is 5.92 Å². The van der Waals surface area contributed by atoms with Crippen molar-refractivity contribution in [1.82, 2.24) is 14.8 Å². The lowest BCUT2D eigenvalue weighted by Crippen LogP contribution is -2.36. The van der Waals surface area contributed by atoms with Crippen molar-refractivity contribution in [3.05, 3.63) is 29.3 Å². The van der Waals surface area contributed by atoms with Gasteiger partial charge in [0.2, 0.25) is 11.8 Å². The van der Waals surface area contributed by atoms with Gasteiger partial charge in [-0.1, -0.05) is 12.1 Å². The zero-order valence-corrected chi connectivity index (χ0v) is 13.9. The van der Waals surface area contributed by atoms with Gasteiger partial charge >= 0.3 is 0 Å². The van der Waals surface area contributed by atoms with Gasteiger partial charge in [0.15, 0.2) is 0 Å². The van der Waals surface area contributed by atoms with E-state index in [1.807, 2.05) is 23.1 Å². The SMILES string of the molecule is CN1C[C@@H](C(=O)N2CCC[C@@H]2c2nc3ccccc3s2)CC1=O. The van der Waals surface area contributed by atoms with Crippen LogP contribution in [0.4, 0.5) is 0 Å². The van der Waals surface area contributed by atoms with E-state index >= 15 is 0 Å². The van der Waals surface area contributed by atoms with E-state index < -0.39 is 0 Å². The Labute approximate surface area is 138 Å². The molecular weight excluding hydrogens is 310 g/mol. The molecule has 0 bridgehead atoms. The molecule has 2 aliphatic rings. The van der Waals surface area contributed by atoms with Crippen LogP contribution in [0.1, 0.15) is 30.3 Å². The van der Waals surface area contributed by atoms with Gasteiger partial charge in [-0.05, 0) is 25.0 Å². The van der Waals surface area contributed by atoms with E-state index in [2.05, 4.69) is 6.07 Å². The average Bonchev–Trinajstić information content (AvgIpc) is 3.24. The lowest BCUT2D eigenvalue weighted by Gasteiger charge is -2.25. The van der Waals surface area contributed by atoms with Gasteiger partial charge in [-0.2, -0.15) is 0 Å². The Morgan fingerprint density at radius 1 is 1.35 bits per heavy atom. The van der Waals surface area contributed by atoms with Gasteiger partial charge in [-0.3, -0.25) is 9.59 Å². The summed E-state index contributed by atoms with van der Waals surface area (Å²) >= 11 is 1.68. The molecule has 6 heteroatoms. The number of hydrogen-bond acceptors (Lipinski definition) is 4. The minimum Gasteiger partial charge on any atom is -0.345 e. The fourth-order valence-corrected chi connectivity index (χ4v) is 4.70. The van der Waals surface area contributed by atoms with Crippen LogP contribution in [0.5, 0.6) is 0 Å². The maximum absolute atomic E-state index is 12.9. The van der Waals surface area contributed by atoms with Crippen molar-refractivity contribution in [3.8, 4) is 0 Å². The van der Waals surface area contributed by atoms with Gasteiger partial charge in [-0.15, -0.1) is 11.3 Å². The Bertz CT molecular complexity index is 739. The highest BCUT2D eigenvalue weighted by molar-refractivity contribution is 7.18. The molecule has 0 aliphatic carbocycles. The highest BCUT2D eigenvalue weighted by Gasteiger charge is 2.39. The summed E-state index contributed by atoms with van der Waals surface area (Å²) in [6.07, 6.45) is 2.31. The number of aromatic nitrogens is 1. The molecule has 0 saturated carbocycles. The standard InChI is InChI=1S/C17H19N3O2S/c1-19-10-11(9-15(19)21)17(22)20-8-4-6-13(20)16-18-12-5-2-3-7-14(12)23-16/h2-3,5,7,11,13H,4,6,8-10H2,1H3/t11-,13+/m0/s1. The zero-order valence-electron chi connectivity index (χ0n) is 13.1. The maximum Gasteiger partial charge on any atom is 0.228 e. The molecule has 2 amide bonds. The highest BCUT2D eigenvalue weighted by Crippen LogP contribution is 2.37. The van der Waals surface area contributed by atoms with E-state index in [4.69, 9.17) is 4.98 Å². The van der Waals surface area contributed by atoms with E-state index in [0.29, 0.717) is 13.0 Å². The van der Waals surface area contributed by atoms with Crippen LogP contribution < -0.4 is 0 Å². The van der Waals surface area contributed by atoms with Crippen LogP contribution in [0.2, 0.25) is 0 Å². The van der Waals surface area contributed by atoms with Gasteiger partial charge in [0.1, 0.15) is 5.01 Å². The molecule has 2 aromatic rings. The topological polar surface area (TPSA) is 53.5 Å². The molecule has 1 aromatic carbocycles. The van der Waals surface area contributed by atoms with Crippen LogP contribution in [-0.4, -0.2) is 46.7 Å². The quantitative estimate of drug-likeness (QED) is 0.850. The summed E-state index contributed by atoms with van der Waals surface area (Å²) in [5, 5.41) is 1.02. The van der Waals surface area contributed by atoms with Crippen LogP contribution in [0.3, 0.4) is 0 Å². The number of nitrogens with zero attached hydrogens (tertiary/aromatic N) is 3. The lowest BCUT2D eigenvalue weighted by molar-refractivity contribution is -0.136. The summed E-state index contributed by atoms with van der Waals surface area (Å²) in [5.74, 6) is -0.00832. The van der Waals surface area contributed by atoms with Crippen LogP contribution in [0.25, 0.3) is 10.2 Å². The van der Waals surface area contributed by atoms with Crippen molar-refractivity contribution in [2.75, 3.05) is 20.1 Å². The van der Waals surface area contributed by atoms with Gasteiger partial charge in [-0.25, -0.2) is 4.98 Å². The van der Waals surface area contributed by atoms with Crippen molar-refractivity contribution in [1.29, 1.82) is 0 Å². The summed E-state index contributed by atoms with van der Waals surface area (Å²) in [7, 11) is 1.77. The molecule has 5 nitrogen and oxygen atoms in total. The number of para-hydroxylation sites is 1. The van der Waals surface area contributed by atoms with E-state index in [0.717, 1.165) is 34.6 Å². The molecule has 1 aromatic heterocycles. The normalized spacial score (nSPS) is 24.8. The summed E-state index contributed by atoms with van der Waals surface area (Å²) in [5.41, 5.74) is 1.00. The first kappa shape index (κ1) is 14.6. The second-order valence-electron chi connectivity index (χ2n) is 6.38. The van der Waals surface area contributed by atoms with E-state index in [-0.39, 0.29) is 23.8 Å². The molecule has 0 unspecified atom stereocenters. The van der Waals surface area contributed by atoms with Crippen LogP contribution in [-0.2, 0) is 9.59 Å². The highest BCUT2D eigenvalue weighted by atomic mass is 32.1. The van der Waals surface area contributed by atoms with Crippen molar-refractivity contribution >= 4 is 33.4 Å². The lowest BCUT2D eigenvalue weighted by atomic mass is 10.1. The number of rotatable bonds is 2. The van der Waals surface area contributed by atoms with Crippen molar-refractivity contribution in [2.45, 2.75) is 25.3 Å². The summed E-state index contributed by atoms with van der Waals surface area (Å²) < 4.78 is 1.16. The maximum atomic E-state index is 12.9. The Balaban J connectivity index is 1.59. The molecule has 120 valence electrons. The first-order valence-electron chi connectivity index (χ1n) is 8.03. The van der Waals surface area contributed by atoms with E-state index in [9.17, 15) is 9.59 Å². The largest absolute Gasteiger partial charge is 0.345 e. The number of thiazole rings is 1. The Morgan fingerprint density at radius 2 is 2.17 bits per heavy atom. The first-order chi connectivity index (χ1) is 11.1. The fourth-order valence-electron chi connectivity index (χ4n) is 3.58. The minimum atomic E-state index is -0.192. The number of amides is 2. The first-order valence-corrected chi connectivity index (χ1v) is 8.85. The number of likely N-dealkylation sites (tertiary alicyclic amines) is 2. The number of benzene rings is 1. The van der Waals surface area contributed by atoms with Crippen LogP contribution >= 0.6 is 11.3 Å². The Hall–Kier alpha value is -1.95. The van der Waals surface area contributed by atoms with Gasteiger partial charge in [0, 0.05) is 26.6 Å². The van der Waals surface area contributed by atoms with Gasteiger partial charge in [0.05, 0.1) is 22.2 Å². The Kier molecular flexibility index (Phi) is 3.56. The smallest absolute Gasteiger partial charge is 0.228 e. The van der Waals surface area contributed by atoms with Crippen LogP contribution in [0.15, 0.2) is 24.3 Å². The monoisotopic (exact) mass is 329 g/mol. The number of hydrogen-bond donors (Lipinski definition) is 0. The summed E-state index contributed by atoms with van der Waals surface area (Å²) in [6, 6.07) is 8.16. The molecule has 0 spiro atoms. The second kappa shape index (κ2) is 5.60. The number of fused-ring (bicyclic) bond motifs is 1. The third kappa shape index (κ3) is 2.51. The van der Waals surface area contributed by atoms with Crippen molar-refractivity contribution in [3.63, 3.8) is 0 Å². The molecule has 23 heavy (non-hydrogen) atoms. The van der Waals surface area contributed by atoms with E-state index in [1.54, 1.807) is 23.3 Å². The minimum absolute atomic E-state index is 0.0686. The predicted octanol–water partition coefficient (Wildman–Crippen LogP) is 2.44. The van der Waals surface area contributed by atoms with Crippen molar-refractivity contribution in [2.24, 2.45) is 5.92 Å². The van der Waals surface area contributed by atoms with Gasteiger partial charge < -0.3 is 9.80 Å². The second-order valence-corrected chi connectivity index (χ2v) is 7.45. The molecule has 0 N–H and O–H groups in total. The number of carbonyl (C=O) groups is 2. The predicted molar refractivity (Wildman–Crippen MR) is 89.1 cm³/mol. The summed E-state index contributed by atoms with van der Waals surface area (Å²) in [4.78, 5) is 32.9. The third-order valence-corrected chi connectivity index (χ3v) is 5.96. The Morgan fingerprint density at radius 3 is 2.91 bits per heavy atom.